The number of rotatable bonds is 6. The van der Waals surface area contributed by atoms with Gasteiger partial charge in [-0.25, -0.2) is 4.79 Å². The van der Waals surface area contributed by atoms with Gasteiger partial charge in [-0.3, -0.25) is 9.00 Å². The molecule has 24 heavy (non-hydrogen) atoms. The number of halogens is 1. The van der Waals surface area contributed by atoms with Gasteiger partial charge in [0.2, 0.25) is 0 Å². The fourth-order valence-corrected chi connectivity index (χ4v) is 2.74. The van der Waals surface area contributed by atoms with Crippen LogP contribution < -0.4 is 5.32 Å². The summed E-state index contributed by atoms with van der Waals surface area (Å²) in [4.78, 5) is 23.8. The van der Waals surface area contributed by atoms with Crippen molar-refractivity contribution < 1.29 is 18.5 Å². The van der Waals surface area contributed by atoms with Gasteiger partial charge in [0.05, 0.1) is 5.56 Å². The highest BCUT2D eigenvalue weighted by Gasteiger charge is 2.11. The van der Waals surface area contributed by atoms with Gasteiger partial charge in [0, 0.05) is 33.5 Å². The van der Waals surface area contributed by atoms with E-state index in [9.17, 15) is 13.8 Å². The molecule has 0 bridgehead atoms. The van der Waals surface area contributed by atoms with Crippen molar-refractivity contribution in [2.24, 2.45) is 0 Å². The predicted octanol–water partition coefficient (Wildman–Crippen LogP) is 3.01. The molecule has 0 aliphatic carbocycles. The zero-order chi connectivity index (χ0) is 17.5. The average Bonchev–Trinajstić information content (AvgIpc) is 2.54. The highest BCUT2D eigenvalue weighted by Crippen LogP contribution is 2.13. The second-order valence-electron chi connectivity index (χ2n) is 5.05. The molecule has 126 valence electrons. The van der Waals surface area contributed by atoms with Crippen LogP contribution in [0, 0.1) is 0 Å². The molecule has 2 rings (SSSR count). The molecular weight excluding hydrogens is 350 g/mol. The van der Waals surface area contributed by atoms with Gasteiger partial charge in [0.15, 0.2) is 6.61 Å². The van der Waals surface area contributed by atoms with Crippen molar-refractivity contribution in [3.8, 4) is 0 Å². The molecular formula is C17H16ClNO4S. The minimum absolute atomic E-state index is 0.317. The van der Waals surface area contributed by atoms with E-state index in [1.807, 2.05) is 0 Å². The summed E-state index contributed by atoms with van der Waals surface area (Å²) < 4.78 is 16.2. The number of benzene rings is 2. The molecule has 7 heteroatoms. The zero-order valence-corrected chi connectivity index (χ0v) is 14.5. The molecule has 0 spiro atoms. The Kier molecular flexibility index (Phi) is 6.52. The van der Waals surface area contributed by atoms with Crippen LogP contribution in [0.2, 0.25) is 5.02 Å². The van der Waals surface area contributed by atoms with Crippen LogP contribution >= 0.6 is 11.6 Å². The lowest BCUT2D eigenvalue weighted by molar-refractivity contribution is -0.119. The number of esters is 1. The number of hydrogen-bond donors (Lipinski definition) is 1. The molecule has 0 saturated carbocycles. The fourth-order valence-electron chi connectivity index (χ4n) is 1.97. The normalized spacial score (nSPS) is 11.6. The average molecular weight is 366 g/mol. The number of ether oxygens (including phenoxy) is 1. The standard InChI is InChI=1S/C17H16ClNO4S/c1-24(22)11-12-3-2-4-13(9-12)17(21)23-10-16(20)19-15-7-5-14(18)6-8-15/h2-9H,10-11H2,1H3,(H,19,20). The van der Waals surface area contributed by atoms with Gasteiger partial charge in [-0.1, -0.05) is 23.7 Å². The first kappa shape index (κ1) is 18.2. The van der Waals surface area contributed by atoms with Crippen LogP contribution in [0.4, 0.5) is 5.69 Å². The Morgan fingerprint density at radius 2 is 1.88 bits per heavy atom. The van der Waals surface area contributed by atoms with E-state index < -0.39 is 29.3 Å². The van der Waals surface area contributed by atoms with Crippen molar-refractivity contribution in [1.82, 2.24) is 0 Å². The summed E-state index contributed by atoms with van der Waals surface area (Å²) in [6, 6.07) is 13.3. The van der Waals surface area contributed by atoms with Crippen molar-refractivity contribution in [3.05, 3.63) is 64.7 Å². The van der Waals surface area contributed by atoms with Gasteiger partial charge >= 0.3 is 5.97 Å². The van der Waals surface area contributed by atoms with Gasteiger partial charge in [-0.05, 0) is 42.0 Å². The van der Waals surface area contributed by atoms with E-state index in [1.165, 1.54) is 0 Å². The molecule has 0 aliphatic heterocycles. The van der Waals surface area contributed by atoms with Gasteiger partial charge in [0.25, 0.3) is 5.91 Å². The zero-order valence-electron chi connectivity index (χ0n) is 13.0. The first-order chi connectivity index (χ1) is 11.4. The van der Waals surface area contributed by atoms with Crippen molar-refractivity contribution in [2.75, 3.05) is 18.2 Å². The van der Waals surface area contributed by atoms with Crippen LogP contribution in [0.3, 0.4) is 0 Å². The lowest BCUT2D eigenvalue weighted by atomic mass is 10.1. The summed E-state index contributed by atoms with van der Waals surface area (Å²) in [6.45, 7) is -0.397. The van der Waals surface area contributed by atoms with Gasteiger partial charge in [0.1, 0.15) is 0 Å². The Bertz CT molecular complexity index is 761. The quantitative estimate of drug-likeness (QED) is 0.799. The molecule has 1 N–H and O–H groups in total. The summed E-state index contributed by atoms with van der Waals surface area (Å²) in [5.74, 6) is -0.695. The second kappa shape index (κ2) is 8.61. The summed E-state index contributed by atoms with van der Waals surface area (Å²) in [6.07, 6.45) is 1.59. The van der Waals surface area contributed by atoms with Gasteiger partial charge < -0.3 is 10.1 Å². The maximum absolute atomic E-state index is 12.0. The molecule has 1 atom stereocenters. The molecule has 0 saturated heterocycles. The van der Waals surface area contributed by atoms with Crippen molar-refractivity contribution in [1.29, 1.82) is 0 Å². The number of amides is 1. The highest BCUT2D eigenvalue weighted by molar-refractivity contribution is 7.83. The Balaban J connectivity index is 1.89. The van der Waals surface area contributed by atoms with Crippen LogP contribution in [0.15, 0.2) is 48.5 Å². The first-order valence-corrected chi connectivity index (χ1v) is 9.16. The lowest BCUT2D eigenvalue weighted by Crippen LogP contribution is -2.21. The van der Waals surface area contributed by atoms with E-state index in [2.05, 4.69) is 5.32 Å². The third kappa shape index (κ3) is 5.79. The largest absolute Gasteiger partial charge is 0.452 e. The summed E-state index contributed by atoms with van der Waals surface area (Å²) in [5.41, 5.74) is 1.65. The van der Waals surface area contributed by atoms with Crippen molar-refractivity contribution >= 4 is 40.0 Å². The van der Waals surface area contributed by atoms with Gasteiger partial charge in [-0.15, -0.1) is 0 Å². The van der Waals surface area contributed by atoms with E-state index in [0.29, 0.717) is 22.0 Å². The molecule has 0 aliphatic rings. The van der Waals surface area contributed by atoms with Crippen LogP contribution in [-0.2, 0) is 26.1 Å². The lowest BCUT2D eigenvalue weighted by Gasteiger charge is -2.07. The van der Waals surface area contributed by atoms with E-state index in [-0.39, 0.29) is 0 Å². The number of carbonyl (C=O) groups excluding carboxylic acids is 2. The number of carbonyl (C=O) groups is 2. The smallest absolute Gasteiger partial charge is 0.338 e. The predicted molar refractivity (Wildman–Crippen MR) is 94.6 cm³/mol. The Hall–Kier alpha value is -2.18. The molecule has 2 aromatic carbocycles. The van der Waals surface area contributed by atoms with E-state index in [1.54, 1.807) is 54.8 Å². The van der Waals surface area contributed by atoms with Crippen LogP contribution in [0.1, 0.15) is 15.9 Å². The molecule has 0 aromatic heterocycles. The second-order valence-corrected chi connectivity index (χ2v) is 6.92. The molecule has 1 unspecified atom stereocenters. The Morgan fingerprint density at radius 1 is 1.17 bits per heavy atom. The highest BCUT2D eigenvalue weighted by atomic mass is 35.5. The minimum Gasteiger partial charge on any atom is -0.452 e. The number of nitrogens with one attached hydrogen (secondary N) is 1. The Morgan fingerprint density at radius 3 is 2.54 bits per heavy atom. The van der Waals surface area contributed by atoms with E-state index >= 15 is 0 Å². The van der Waals surface area contributed by atoms with Crippen molar-refractivity contribution in [2.45, 2.75) is 5.75 Å². The molecule has 0 fully saturated rings. The van der Waals surface area contributed by atoms with Crippen LogP contribution in [0.25, 0.3) is 0 Å². The topological polar surface area (TPSA) is 72.5 Å². The maximum Gasteiger partial charge on any atom is 0.338 e. The minimum atomic E-state index is -0.999. The first-order valence-electron chi connectivity index (χ1n) is 7.05. The summed E-state index contributed by atoms with van der Waals surface area (Å²) in [5, 5.41) is 3.16. The summed E-state index contributed by atoms with van der Waals surface area (Å²) >= 11 is 5.76. The number of hydrogen-bond acceptors (Lipinski definition) is 4. The third-order valence-electron chi connectivity index (χ3n) is 2.99. The molecule has 0 heterocycles. The van der Waals surface area contributed by atoms with Gasteiger partial charge in [-0.2, -0.15) is 0 Å². The number of anilines is 1. The SMILES string of the molecule is CS(=O)Cc1cccc(C(=O)OCC(=O)Nc2ccc(Cl)cc2)c1. The van der Waals surface area contributed by atoms with Crippen LogP contribution in [-0.4, -0.2) is 28.9 Å². The molecule has 2 aromatic rings. The third-order valence-corrected chi connectivity index (χ3v) is 3.99. The fraction of sp³-hybridized carbons (Fsp3) is 0.176. The summed E-state index contributed by atoms with van der Waals surface area (Å²) in [7, 11) is -0.999. The molecule has 5 nitrogen and oxygen atoms in total. The Labute approximate surface area is 147 Å². The maximum atomic E-state index is 12.0. The monoisotopic (exact) mass is 365 g/mol. The van der Waals surface area contributed by atoms with Crippen LogP contribution in [0.5, 0.6) is 0 Å². The molecule has 0 radical (unpaired) electrons. The van der Waals surface area contributed by atoms with E-state index in [4.69, 9.17) is 16.3 Å². The van der Waals surface area contributed by atoms with E-state index in [0.717, 1.165) is 5.56 Å². The molecule has 1 amide bonds. The van der Waals surface area contributed by atoms with Crippen molar-refractivity contribution in [3.63, 3.8) is 0 Å².